The monoisotopic (exact) mass is 177 g/mol. The summed E-state index contributed by atoms with van der Waals surface area (Å²) in [7, 11) is 0. The first-order chi connectivity index (χ1) is 6.34. The fourth-order valence-electron chi connectivity index (χ4n) is 1.22. The summed E-state index contributed by atoms with van der Waals surface area (Å²) in [5.41, 5.74) is 6.47. The van der Waals surface area contributed by atoms with Gasteiger partial charge in [-0.15, -0.1) is 0 Å². The molecule has 0 aromatic carbocycles. The molecular formula is C9H11N3O. The van der Waals surface area contributed by atoms with E-state index >= 15 is 0 Å². The molecule has 4 heteroatoms. The molecule has 68 valence electrons. The summed E-state index contributed by atoms with van der Waals surface area (Å²) >= 11 is 0. The standard InChI is InChI=1S/C9H11N3O/c10-9-11-6-7(12-9)3-4-8-2-1-5-13-8/h1-2,5-6H,3-4H2,(H3,10,11,12). The number of anilines is 1. The molecule has 0 atom stereocenters. The zero-order chi connectivity index (χ0) is 9.10. The van der Waals surface area contributed by atoms with E-state index in [4.69, 9.17) is 10.2 Å². The van der Waals surface area contributed by atoms with E-state index in [2.05, 4.69) is 9.97 Å². The van der Waals surface area contributed by atoms with Gasteiger partial charge in [0, 0.05) is 12.1 Å². The zero-order valence-electron chi connectivity index (χ0n) is 7.16. The van der Waals surface area contributed by atoms with Crippen molar-refractivity contribution in [3.05, 3.63) is 36.0 Å². The van der Waals surface area contributed by atoms with Crippen LogP contribution in [0.2, 0.25) is 0 Å². The molecule has 0 saturated heterocycles. The molecule has 0 amide bonds. The number of nitrogens with two attached hydrogens (primary N) is 1. The van der Waals surface area contributed by atoms with E-state index < -0.39 is 0 Å². The largest absolute Gasteiger partial charge is 0.469 e. The summed E-state index contributed by atoms with van der Waals surface area (Å²) in [6.45, 7) is 0. The minimum Gasteiger partial charge on any atom is -0.469 e. The second-order valence-electron chi connectivity index (χ2n) is 2.87. The third kappa shape index (κ3) is 1.90. The molecule has 4 nitrogen and oxygen atoms in total. The maximum absolute atomic E-state index is 5.44. The van der Waals surface area contributed by atoms with Crippen molar-refractivity contribution in [3.8, 4) is 0 Å². The lowest BCUT2D eigenvalue weighted by Gasteiger charge is -1.93. The van der Waals surface area contributed by atoms with Crippen molar-refractivity contribution in [2.24, 2.45) is 0 Å². The maximum Gasteiger partial charge on any atom is 0.197 e. The molecule has 2 rings (SSSR count). The normalized spacial score (nSPS) is 10.5. The van der Waals surface area contributed by atoms with Gasteiger partial charge in [-0.1, -0.05) is 0 Å². The Labute approximate surface area is 75.8 Å². The topological polar surface area (TPSA) is 67.8 Å². The van der Waals surface area contributed by atoms with Gasteiger partial charge >= 0.3 is 0 Å². The number of aromatic amines is 1. The van der Waals surface area contributed by atoms with Gasteiger partial charge in [0.05, 0.1) is 12.5 Å². The highest BCUT2D eigenvalue weighted by atomic mass is 16.3. The Morgan fingerprint density at radius 2 is 2.38 bits per heavy atom. The average Bonchev–Trinajstić information content (AvgIpc) is 2.71. The SMILES string of the molecule is Nc1ncc(CCc2ccco2)[nH]1. The number of H-pyrrole nitrogens is 1. The van der Waals surface area contributed by atoms with Crippen LogP contribution in [0.3, 0.4) is 0 Å². The minimum atomic E-state index is 0.467. The predicted octanol–water partition coefficient (Wildman–Crippen LogP) is 1.37. The number of aryl methyl sites for hydroxylation is 2. The molecule has 2 aromatic heterocycles. The molecule has 3 N–H and O–H groups in total. The van der Waals surface area contributed by atoms with E-state index in [1.807, 2.05) is 12.1 Å². The predicted molar refractivity (Wildman–Crippen MR) is 49.1 cm³/mol. The van der Waals surface area contributed by atoms with Gasteiger partial charge in [-0.2, -0.15) is 0 Å². The summed E-state index contributed by atoms with van der Waals surface area (Å²) in [4.78, 5) is 6.87. The van der Waals surface area contributed by atoms with Crippen LogP contribution in [-0.2, 0) is 12.8 Å². The van der Waals surface area contributed by atoms with Crippen molar-refractivity contribution in [2.45, 2.75) is 12.8 Å². The number of imidazole rings is 1. The number of hydrogen-bond donors (Lipinski definition) is 2. The molecule has 0 spiro atoms. The molecular weight excluding hydrogens is 166 g/mol. The van der Waals surface area contributed by atoms with Crippen molar-refractivity contribution in [1.82, 2.24) is 9.97 Å². The van der Waals surface area contributed by atoms with Crippen molar-refractivity contribution in [1.29, 1.82) is 0 Å². The van der Waals surface area contributed by atoms with Crippen LogP contribution in [0.1, 0.15) is 11.5 Å². The van der Waals surface area contributed by atoms with E-state index in [0.29, 0.717) is 5.95 Å². The highest BCUT2D eigenvalue weighted by Crippen LogP contribution is 2.06. The molecule has 0 radical (unpaired) electrons. The number of hydrogen-bond acceptors (Lipinski definition) is 3. The number of nitrogen functional groups attached to an aromatic ring is 1. The zero-order valence-corrected chi connectivity index (χ0v) is 7.16. The molecule has 13 heavy (non-hydrogen) atoms. The number of nitrogens with zero attached hydrogens (tertiary/aromatic N) is 1. The van der Waals surface area contributed by atoms with Gasteiger partial charge in [0.25, 0.3) is 0 Å². The molecule has 0 saturated carbocycles. The van der Waals surface area contributed by atoms with Crippen LogP contribution in [-0.4, -0.2) is 9.97 Å². The lowest BCUT2D eigenvalue weighted by molar-refractivity contribution is 0.508. The molecule has 0 unspecified atom stereocenters. The van der Waals surface area contributed by atoms with E-state index in [1.54, 1.807) is 12.5 Å². The van der Waals surface area contributed by atoms with Gasteiger partial charge in [0.2, 0.25) is 0 Å². The quantitative estimate of drug-likeness (QED) is 0.744. The van der Waals surface area contributed by atoms with Gasteiger partial charge in [0.15, 0.2) is 5.95 Å². The smallest absolute Gasteiger partial charge is 0.197 e. The molecule has 0 aliphatic carbocycles. The van der Waals surface area contributed by atoms with Gasteiger partial charge in [0.1, 0.15) is 5.76 Å². The first-order valence-electron chi connectivity index (χ1n) is 4.16. The van der Waals surface area contributed by atoms with Crippen molar-refractivity contribution >= 4 is 5.95 Å². The number of rotatable bonds is 3. The minimum absolute atomic E-state index is 0.467. The van der Waals surface area contributed by atoms with Crippen LogP contribution in [0.4, 0.5) is 5.95 Å². The third-order valence-corrected chi connectivity index (χ3v) is 1.87. The Kier molecular flexibility index (Phi) is 2.04. The summed E-state index contributed by atoms with van der Waals surface area (Å²) in [5, 5.41) is 0. The highest BCUT2D eigenvalue weighted by Gasteiger charge is 1.99. The van der Waals surface area contributed by atoms with Gasteiger partial charge in [-0.25, -0.2) is 4.98 Å². The van der Waals surface area contributed by atoms with E-state index in [0.717, 1.165) is 24.3 Å². The second kappa shape index (κ2) is 3.35. The molecule has 0 fully saturated rings. The fourth-order valence-corrected chi connectivity index (χ4v) is 1.22. The van der Waals surface area contributed by atoms with Gasteiger partial charge in [-0.05, 0) is 18.6 Å². The first kappa shape index (κ1) is 7.91. The maximum atomic E-state index is 5.44. The second-order valence-corrected chi connectivity index (χ2v) is 2.87. The Balaban J connectivity index is 1.93. The number of furan rings is 1. The molecule has 0 aliphatic rings. The van der Waals surface area contributed by atoms with Crippen LogP contribution >= 0.6 is 0 Å². The number of aromatic nitrogens is 2. The van der Waals surface area contributed by atoms with E-state index in [1.165, 1.54) is 0 Å². The van der Waals surface area contributed by atoms with Crippen molar-refractivity contribution < 1.29 is 4.42 Å². The summed E-state index contributed by atoms with van der Waals surface area (Å²) in [5.74, 6) is 1.45. The van der Waals surface area contributed by atoms with Crippen LogP contribution in [0.5, 0.6) is 0 Å². The van der Waals surface area contributed by atoms with Crippen LogP contribution in [0.15, 0.2) is 29.0 Å². The lowest BCUT2D eigenvalue weighted by atomic mass is 10.2. The summed E-state index contributed by atoms with van der Waals surface area (Å²) < 4.78 is 5.20. The lowest BCUT2D eigenvalue weighted by Crippen LogP contribution is -1.91. The molecule has 0 bridgehead atoms. The van der Waals surface area contributed by atoms with E-state index in [-0.39, 0.29) is 0 Å². The first-order valence-corrected chi connectivity index (χ1v) is 4.16. The molecule has 2 heterocycles. The van der Waals surface area contributed by atoms with Gasteiger partial charge < -0.3 is 15.1 Å². The van der Waals surface area contributed by atoms with Crippen LogP contribution in [0.25, 0.3) is 0 Å². The fraction of sp³-hybridized carbons (Fsp3) is 0.222. The molecule has 0 aliphatic heterocycles. The average molecular weight is 177 g/mol. The van der Waals surface area contributed by atoms with Gasteiger partial charge in [-0.3, -0.25) is 0 Å². The molecule has 2 aromatic rings. The Morgan fingerprint density at radius 1 is 1.46 bits per heavy atom. The van der Waals surface area contributed by atoms with Crippen molar-refractivity contribution in [3.63, 3.8) is 0 Å². The summed E-state index contributed by atoms with van der Waals surface area (Å²) in [6, 6.07) is 3.84. The number of nitrogens with one attached hydrogen (secondary N) is 1. The van der Waals surface area contributed by atoms with E-state index in [9.17, 15) is 0 Å². The summed E-state index contributed by atoms with van der Waals surface area (Å²) in [6.07, 6.45) is 5.17. The van der Waals surface area contributed by atoms with Crippen molar-refractivity contribution in [2.75, 3.05) is 5.73 Å². The van der Waals surface area contributed by atoms with Crippen LogP contribution < -0.4 is 5.73 Å². The Hall–Kier alpha value is -1.71. The Morgan fingerprint density at radius 3 is 3.00 bits per heavy atom. The third-order valence-electron chi connectivity index (χ3n) is 1.87. The Bertz CT molecular complexity index is 364. The van der Waals surface area contributed by atoms with Crippen LogP contribution in [0, 0.1) is 0 Å². The highest BCUT2D eigenvalue weighted by molar-refractivity contribution is 5.18.